The lowest BCUT2D eigenvalue weighted by atomic mass is 9.90. The molecule has 0 aliphatic carbocycles. The molecule has 0 saturated carbocycles. The molecule has 4 heteroatoms. The number of rotatable bonds is 19. The SMILES string of the molecule is CCCOC(=O)CCCCCCCCCCCCC(C(=O)OCCC)C(C)C. The van der Waals surface area contributed by atoms with E-state index < -0.39 is 0 Å². The van der Waals surface area contributed by atoms with Gasteiger partial charge in [0.05, 0.1) is 19.1 Å². The largest absolute Gasteiger partial charge is 0.466 e. The van der Waals surface area contributed by atoms with Crippen molar-refractivity contribution in [3.8, 4) is 0 Å². The number of hydrogen-bond acceptors (Lipinski definition) is 4. The number of unbranched alkanes of at least 4 members (excludes halogenated alkanes) is 9. The van der Waals surface area contributed by atoms with Gasteiger partial charge in [0.25, 0.3) is 0 Å². The maximum atomic E-state index is 12.1. The third-order valence-corrected chi connectivity index (χ3v) is 5.17. The molecule has 0 bridgehead atoms. The van der Waals surface area contributed by atoms with Crippen molar-refractivity contribution in [2.24, 2.45) is 11.8 Å². The second kappa shape index (κ2) is 19.3. The average Bonchev–Trinajstić information content (AvgIpc) is 2.67. The third-order valence-electron chi connectivity index (χ3n) is 5.17. The molecule has 0 aromatic heterocycles. The van der Waals surface area contributed by atoms with Crippen LogP contribution in [0.25, 0.3) is 0 Å². The van der Waals surface area contributed by atoms with Gasteiger partial charge in [0.15, 0.2) is 0 Å². The molecular formula is C24H46O4. The summed E-state index contributed by atoms with van der Waals surface area (Å²) in [6.07, 6.45) is 15.4. The molecule has 0 aliphatic heterocycles. The summed E-state index contributed by atoms with van der Waals surface area (Å²) in [6.45, 7) is 9.38. The molecule has 0 aliphatic rings. The average molecular weight is 399 g/mol. The highest BCUT2D eigenvalue weighted by Crippen LogP contribution is 2.21. The van der Waals surface area contributed by atoms with Crippen LogP contribution in [0.2, 0.25) is 0 Å². The molecule has 0 N–H and O–H groups in total. The van der Waals surface area contributed by atoms with E-state index in [2.05, 4.69) is 13.8 Å². The second-order valence-electron chi connectivity index (χ2n) is 8.31. The lowest BCUT2D eigenvalue weighted by Gasteiger charge is -2.19. The van der Waals surface area contributed by atoms with Crippen molar-refractivity contribution in [1.29, 1.82) is 0 Å². The summed E-state index contributed by atoms with van der Waals surface area (Å²) in [5.41, 5.74) is 0. The Morgan fingerprint density at radius 2 is 1.14 bits per heavy atom. The molecule has 0 fully saturated rings. The summed E-state index contributed by atoms with van der Waals surface area (Å²) in [4.78, 5) is 23.5. The monoisotopic (exact) mass is 398 g/mol. The second-order valence-corrected chi connectivity index (χ2v) is 8.31. The fourth-order valence-corrected chi connectivity index (χ4v) is 3.37. The van der Waals surface area contributed by atoms with Crippen molar-refractivity contribution in [2.45, 2.75) is 118 Å². The van der Waals surface area contributed by atoms with Gasteiger partial charge in [-0.05, 0) is 31.6 Å². The lowest BCUT2D eigenvalue weighted by molar-refractivity contribution is -0.150. The van der Waals surface area contributed by atoms with Crippen LogP contribution >= 0.6 is 0 Å². The molecule has 0 aromatic carbocycles. The summed E-state index contributed by atoms with van der Waals surface area (Å²) in [7, 11) is 0. The molecule has 0 spiro atoms. The van der Waals surface area contributed by atoms with Gasteiger partial charge in [0, 0.05) is 6.42 Å². The van der Waals surface area contributed by atoms with E-state index in [1.807, 2.05) is 13.8 Å². The Bertz CT molecular complexity index is 379. The molecule has 1 unspecified atom stereocenters. The molecule has 0 radical (unpaired) electrons. The molecule has 4 nitrogen and oxygen atoms in total. The molecule has 0 rings (SSSR count). The zero-order valence-electron chi connectivity index (χ0n) is 19.1. The van der Waals surface area contributed by atoms with Crippen molar-refractivity contribution in [3.63, 3.8) is 0 Å². The number of carbonyl (C=O) groups is 2. The van der Waals surface area contributed by atoms with Gasteiger partial charge in [0.2, 0.25) is 0 Å². The zero-order chi connectivity index (χ0) is 21.0. The molecule has 0 amide bonds. The van der Waals surface area contributed by atoms with E-state index in [0.29, 0.717) is 25.6 Å². The van der Waals surface area contributed by atoms with Crippen molar-refractivity contribution in [1.82, 2.24) is 0 Å². The minimum Gasteiger partial charge on any atom is -0.466 e. The Morgan fingerprint density at radius 3 is 1.64 bits per heavy atom. The molecule has 28 heavy (non-hydrogen) atoms. The molecular weight excluding hydrogens is 352 g/mol. The van der Waals surface area contributed by atoms with Crippen LogP contribution in [0.15, 0.2) is 0 Å². The van der Waals surface area contributed by atoms with E-state index in [4.69, 9.17) is 9.47 Å². The number of hydrogen-bond donors (Lipinski definition) is 0. The Morgan fingerprint density at radius 1 is 0.679 bits per heavy atom. The fourth-order valence-electron chi connectivity index (χ4n) is 3.37. The van der Waals surface area contributed by atoms with Crippen LogP contribution in [0, 0.1) is 11.8 Å². The maximum Gasteiger partial charge on any atom is 0.309 e. The van der Waals surface area contributed by atoms with Crippen LogP contribution in [0.4, 0.5) is 0 Å². The van der Waals surface area contributed by atoms with Crippen molar-refractivity contribution in [3.05, 3.63) is 0 Å². The molecule has 0 saturated heterocycles. The molecule has 0 heterocycles. The lowest BCUT2D eigenvalue weighted by Crippen LogP contribution is -2.23. The smallest absolute Gasteiger partial charge is 0.309 e. The highest BCUT2D eigenvalue weighted by atomic mass is 16.5. The molecule has 1 atom stereocenters. The number of ether oxygens (including phenoxy) is 2. The summed E-state index contributed by atoms with van der Waals surface area (Å²) >= 11 is 0. The molecule has 0 aromatic rings. The van der Waals surface area contributed by atoms with Gasteiger partial charge in [0.1, 0.15) is 0 Å². The van der Waals surface area contributed by atoms with E-state index >= 15 is 0 Å². The highest BCUT2D eigenvalue weighted by molar-refractivity contribution is 5.72. The van der Waals surface area contributed by atoms with Gasteiger partial charge in [-0.2, -0.15) is 0 Å². The van der Waals surface area contributed by atoms with Gasteiger partial charge in [-0.3, -0.25) is 9.59 Å². The highest BCUT2D eigenvalue weighted by Gasteiger charge is 2.22. The standard InChI is InChI=1S/C24H46O4/c1-5-19-27-23(25)18-16-14-12-10-8-7-9-11-13-15-17-22(21(3)4)24(26)28-20-6-2/h21-22H,5-20H2,1-4H3. The van der Waals surface area contributed by atoms with E-state index in [-0.39, 0.29) is 17.9 Å². The number of esters is 2. The predicted octanol–water partition coefficient (Wildman–Crippen LogP) is 6.85. The quantitative estimate of drug-likeness (QED) is 0.176. The van der Waals surface area contributed by atoms with E-state index in [1.54, 1.807) is 0 Å². The Balaban J connectivity index is 3.49. The van der Waals surface area contributed by atoms with Crippen LogP contribution in [0.3, 0.4) is 0 Å². The van der Waals surface area contributed by atoms with Crippen LogP contribution in [-0.4, -0.2) is 25.2 Å². The van der Waals surface area contributed by atoms with Crippen LogP contribution in [-0.2, 0) is 19.1 Å². The Kier molecular flexibility index (Phi) is 18.5. The third kappa shape index (κ3) is 15.9. The topological polar surface area (TPSA) is 52.6 Å². The molecule has 166 valence electrons. The Hall–Kier alpha value is -1.06. The maximum absolute atomic E-state index is 12.1. The zero-order valence-corrected chi connectivity index (χ0v) is 19.1. The van der Waals surface area contributed by atoms with Crippen LogP contribution < -0.4 is 0 Å². The minimum atomic E-state index is -0.0415. The van der Waals surface area contributed by atoms with Crippen LogP contribution in [0.1, 0.15) is 118 Å². The minimum absolute atomic E-state index is 0.00419. The first-order valence-electron chi connectivity index (χ1n) is 11.8. The predicted molar refractivity (Wildman–Crippen MR) is 116 cm³/mol. The van der Waals surface area contributed by atoms with Gasteiger partial charge in [-0.15, -0.1) is 0 Å². The van der Waals surface area contributed by atoms with E-state index in [9.17, 15) is 9.59 Å². The fraction of sp³-hybridized carbons (Fsp3) is 0.917. The first-order valence-corrected chi connectivity index (χ1v) is 11.8. The summed E-state index contributed by atoms with van der Waals surface area (Å²) < 4.78 is 10.4. The number of carbonyl (C=O) groups excluding carboxylic acids is 2. The summed E-state index contributed by atoms with van der Waals surface area (Å²) in [6, 6.07) is 0. The van der Waals surface area contributed by atoms with Crippen LogP contribution in [0.5, 0.6) is 0 Å². The van der Waals surface area contributed by atoms with Crippen molar-refractivity contribution in [2.75, 3.05) is 13.2 Å². The normalized spacial score (nSPS) is 12.2. The van der Waals surface area contributed by atoms with Gasteiger partial charge < -0.3 is 9.47 Å². The van der Waals surface area contributed by atoms with Gasteiger partial charge >= 0.3 is 11.9 Å². The van der Waals surface area contributed by atoms with Gasteiger partial charge in [-0.1, -0.05) is 85.5 Å². The Labute approximate surface area is 174 Å². The van der Waals surface area contributed by atoms with Gasteiger partial charge in [-0.25, -0.2) is 0 Å². The first kappa shape index (κ1) is 26.9. The summed E-state index contributed by atoms with van der Waals surface area (Å²) in [5, 5.41) is 0. The first-order chi connectivity index (χ1) is 13.5. The van der Waals surface area contributed by atoms with E-state index in [0.717, 1.165) is 38.5 Å². The van der Waals surface area contributed by atoms with Crippen molar-refractivity contribution >= 4 is 11.9 Å². The van der Waals surface area contributed by atoms with Crippen molar-refractivity contribution < 1.29 is 19.1 Å². The summed E-state index contributed by atoms with van der Waals surface area (Å²) in [5.74, 6) is 0.374. The van der Waals surface area contributed by atoms with E-state index in [1.165, 1.54) is 44.9 Å².